The average Bonchev–Trinajstić information content (AvgIpc) is 2.17. The van der Waals surface area contributed by atoms with Gasteiger partial charge in [-0.3, -0.25) is 0 Å². The normalized spacial score (nSPS) is 10.7. The average molecular weight is 334 g/mol. The third-order valence-electron chi connectivity index (χ3n) is 1.61. The molecule has 0 atom stereocenters. The van der Waals surface area contributed by atoms with Crippen molar-refractivity contribution in [2.75, 3.05) is 7.11 Å². The Bertz CT molecular complexity index is 335. The molecule has 0 radical (unpaired) electrons. The Hall–Kier alpha value is -0.170. The van der Waals surface area contributed by atoms with Crippen LogP contribution in [0, 0.1) is 3.70 Å². The summed E-state index contributed by atoms with van der Waals surface area (Å²) in [7, 11) is 1.33. The van der Waals surface area contributed by atoms with Crippen molar-refractivity contribution >= 4 is 34.2 Å². The lowest BCUT2D eigenvalue weighted by Crippen LogP contribution is -2.01. The van der Waals surface area contributed by atoms with Gasteiger partial charge in [0.1, 0.15) is 15.1 Å². The summed E-state index contributed by atoms with van der Waals surface area (Å²) in [4.78, 5) is 3.74. The van der Waals surface area contributed by atoms with Gasteiger partial charge in [-0.15, -0.1) is 11.6 Å². The van der Waals surface area contributed by atoms with Crippen molar-refractivity contribution in [2.45, 2.75) is 12.3 Å². The highest BCUT2D eigenvalue weighted by Gasteiger charge is 2.18. The van der Waals surface area contributed by atoms with Crippen LogP contribution in [0.15, 0.2) is 6.07 Å². The summed E-state index contributed by atoms with van der Waals surface area (Å²) >= 11 is 7.47. The Morgan fingerprint density at radius 2 is 2.29 bits per heavy atom. The maximum absolute atomic E-state index is 12.5. The van der Waals surface area contributed by atoms with Gasteiger partial charge in [-0.05, 0) is 28.7 Å². The zero-order valence-corrected chi connectivity index (χ0v) is 10.1. The first-order chi connectivity index (χ1) is 6.60. The molecule has 0 unspecified atom stereocenters. The second-order valence-corrected chi connectivity index (χ2v) is 3.75. The monoisotopic (exact) mass is 333 g/mol. The summed E-state index contributed by atoms with van der Waals surface area (Å²) < 4.78 is 30.2. The van der Waals surface area contributed by atoms with E-state index < -0.39 is 6.43 Å². The van der Waals surface area contributed by atoms with E-state index >= 15 is 0 Å². The van der Waals surface area contributed by atoms with Crippen molar-refractivity contribution in [1.82, 2.24) is 4.98 Å². The van der Waals surface area contributed by atoms with Gasteiger partial charge in [0.15, 0.2) is 0 Å². The number of alkyl halides is 3. The van der Waals surface area contributed by atoms with Crippen LogP contribution in [0.3, 0.4) is 0 Å². The molecule has 0 amide bonds. The van der Waals surface area contributed by atoms with E-state index in [2.05, 4.69) is 4.98 Å². The molecule has 0 aromatic carbocycles. The molecule has 1 aromatic heterocycles. The van der Waals surface area contributed by atoms with E-state index in [1.54, 1.807) is 0 Å². The third kappa shape index (κ3) is 2.44. The molecule has 1 aromatic rings. The van der Waals surface area contributed by atoms with Crippen molar-refractivity contribution in [3.05, 3.63) is 21.0 Å². The SMILES string of the molecule is COc1cc(CCl)c(I)nc1C(F)F. The number of hydrogen-bond acceptors (Lipinski definition) is 2. The number of hydrogen-bond donors (Lipinski definition) is 0. The maximum Gasteiger partial charge on any atom is 0.284 e. The molecule has 0 bridgehead atoms. The quantitative estimate of drug-likeness (QED) is 0.481. The Kier molecular flexibility index (Phi) is 4.31. The lowest BCUT2D eigenvalue weighted by molar-refractivity contribution is 0.141. The van der Waals surface area contributed by atoms with Crippen LogP contribution in [0.2, 0.25) is 0 Å². The minimum Gasteiger partial charge on any atom is -0.495 e. The second kappa shape index (κ2) is 5.06. The van der Waals surface area contributed by atoms with Gasteiger partial charge in [0.05, 0.1) is 13.0 Å². The maximum atomic E-state index is 12.5. The number of rotatable bonds is 3. The summed E-state index contributed by atoms with van der Waals surface area (Å²) in [5, 5.41) is 0. The number of halogens is 4. The minimum atomic E-state index is -2.64. The topological polar surface area (TPSA) is 22.1 Å². The van der Waals surface area contributed by atoms with Gasteiger partial charge in [0, 0.05) is 5.56 Å². The van der Waals surface area contributed by atoms with Gasteiger partial charge >= 0.3 is 0 Å². The summed E-state index contributed by atoms with van der Waals surface area (Å²) in [6.07, 6.45) is -2.64. The third-order valence-corrected chi connectivity index (χ3v) is 2.83. The molecule has 1 heterocycles. The summed E-state index contributed by atoms with van der Waals surface area (Å²) in [5.41, 5.74) is 0.347. The number of pyridine rings is 1. The molecule has 14 heavy (non-hydrogen) atoms. The first-order valence-electron chi connectivity index (χ1n) is 3.67. The molecular formula is C8H7ClF2INO. The predicted molar refractivity (Wildman–Crippen MR) is 58.0 cm³/mol. The standard InChI is InChI=1S/C8H7ClF2INO/c1-14-5-2-4(3-9)8(12)13-6(5)7(10)11/h2,7H,3H2,1H3. The molecule has 0 fully saturated rings. The fourth-order valence-electron chi connectivity index (χ4n) is 0.938. The lowest BCUT2D eigenvalue weighted by atomic mass is 10.2. The number of methoxy groups -OCH3 is 1. The van der Waals surface area contributed by atoms with Crippen molar-refractivity contribution in [3.8, 4) is 5.75 Å². The van der Waals surface area contributed by atoms with E-state index in [1.165, 1.54) is 13.2 Å². The molecular weight excluding hydrogens is 326 g/mol. The number of aromatic nitrogens is 1. The fraction of sp³-hybridized carbons (Fsp3) is 0.375. The van der Waals surface area contributed by atoms with Crippen molar-refractivity contribution in [1.29, 1.82) is 0 Å². The van der Waals surface area contributed by atoms with Gasteiger partial charge < -0.3 is 4.74 Å². The van der Waals surface area contributed by atoms with Crippen molar-refractivity contribution in [2.24, 2.45) is 0 Å². The molecule has 1 rings (SSSR count). The minimum absolute atomic E-state index is 0.0797. The highest BCUT2D eigenvalue weighted by molar-refractivity contribution is 14.1. The van der Waals surface area contributed by atoms with Gasteiger partial charge in [0.2, 0.25) is 0 Å². The summed E-state index contributed by atoms with van der Waals surface area (Å²) in [5.74, 6) is 0.307. The first-order valence-corrected chi connectivity index (χ1v) is 5.29. The molecule has 0 aliphatic heterocycles. The molecule has 0 spiro atoms. The predicted octanol–water partition coefficient (Wildman–Crippen LogP) is 3.37. The van der Waals surface area contributed by atoms with Crippen LogP contribution in [0.25, 0.3) is 0 Å². The van der Waals surface area contributed by atoms with Crippen LogP contribution >= 0.6 is 34.2 Å². The molecule has 78 valence electrons. The number of nitrogens with zero attached hydrogens (tertiary/aromatic N) is 1. The molecule has 0 aliphatic carbocycles. The second-order valence-electron chi connectivity index (χ2n) is 2.46. The van der Waals surface area contributed by atoms with Crippen LogP contribution in [-0.2, 0) is 5.88 Å². The Morgan fingerprint density at radius 3 is 2.71 bits per heavy atom. The summed E-state index contributed by atoms with van der Waals surface area (Å²) in [6.45, 7) is 0. The first kappa shape index (κ1) is 11.9. The van der Waals surface area contributed by atoms with Gasteiger partial charge in [-0.2, -0.15) is 0 Å². The van der Waals surface area contributed by atoms with Crippen LogP contribution in [0.1, 0.15) is 17.7 Å². The van der Waals surface area contributed by atoms with E-state index in [-0.39, 0.29) is 17.3 Å². The van der Waals surface area contributed by atoms with Crippen LogP contribution in [0.4, 0.5) is 8.78 Å². The van der Waals surface area contributed by atoms with Crippen molar-refractivity contribution in [3.63, 3.8) is 0 Å². The van der Waals surface area contributed by atoms with Crippen LogP contribution in [-0.4, -0.2) is 12.1 Å². The zero-order valence-electron chi connectivity index (χ0n) is 7.23. The van der Waals surface area contributed by atoms with E-state index in [0.717, 1.165) is 0 Å². The molecule has 0 saturated carbocycles. The summed E-state index contributed by atoms with van der Waals surface area (Å²) in [6, 6.07) is 1.49. The van der Waals surface area contributed by atoms with Crippen molar-refractivity contribution < 1.29 is 13.5 Å². The molecule has 0 saturated heterocycles. The van der Waals surface area contributed by atoms with Gasteiger partial charge in [-0.1, -0.05) is 0 Å². The Balaban J connectivity index is 3.24. The zero-order chi connectivity index (χ0) is 10.7. The van der Waals surface area contributed by atoms with E-state index in [4.69, 9.17) is 16.3 Å². The Labute approximate surface area is 98.8 Å². The van der Waals surface area contributed by atoms with Gasteiger partial charge in [-0.25, -0.2) is 13.8 Å². The van der Waals surface area contributed by atoms with E-state index in [9.17, 15) is 8.78 Å². The Morgan fingerprint density at radius 1 is 1.64 bits per heavy atom. The molecule has 2 nitrogen and oxygen atoms in total. The van der Waals surface area contributed by atoms with Crippen LogP contribution in [0.5, 0.6) is 5.75 Å². The highest BCUT2D eigenvalue weighted by Crippen LogP contribution is 2.30. The molecule has 0 N–H and O–H groups in total. The smallest absolute Gasteiger partial charge is 0.284 e. The molecule has 0 aliphatic rings. The highest BCUT2D eigenvalue weighted by atomic mass is 127. The number of ether oxygens (including phenoxy) is 1. The fourth-order valence-corrected chi connectivity index (χ4v) is 1.97. The van der Waals surface area contributed by atoms with E-state index in [1.807, 2.05) is 22.6 Å². The van der Waals surface area contributed by atoms with Gasteiger partial charge in [0.25, 0.3) is 6.43 Å². The molecule has 6 heteroatoms. The van der Waals surface area contributed by atoms with E-state index in [0.29, 0.717) is 9.26 Å². The van der Waals surface area contributed by atoms with Crippen LogP contribution < -0.4 is 4.74 Å². The largest absolute Gasteiger partial charge is 0.495 e. The lowest BCUT2D eigenvalue weighted by Gasteiger charge is -2.09.